The Morgan fingerprint density at radius 3 is 2.64 bits per heavy atom. The molecule has 0 aliphatic carbocycles. The topological polar surface area (TPSA) is 69.7 Å². The minimum atomic E-state index is -3.99. The normalized spacial score (nSPS) is 15.2. The van der Waals surface area contributed by atoms with Gasteiger partial charge in [-0.15, -0.1) is 0 Å². The van der Waals surface area contributed by atoms with Crippen molar-refractivity contribution in [2.45, 2.75) is 23.1 Å². The molecule has 3 rings (SSSR count). The highest BCUT2D eigenvalue weighted by Gasteiger charge is 2.26. The van der Waals surface area contributed by atoms with E-state index in [-0.39, 0.29) is 21.4 Å². The number of nitrogens with one attached hydrogen (secondary N) is 1. The number of carbonyl (C=O) groups is 1. The molecule has 1 amide bonds. The molecule has 0 spiro atoms. The van der Waals surface area contributed by atoms with Crippen LogP contribution in [0.15, 0.2) is 52.3 Å². The summed E-state index contributed by atoms with van der Waals surface area (Å²) >= 11 is 0. The first-order valence-electron chi connectivity index (χ1n) is 9.15. The summed E-state index contributed by atoms with van der Waals surface area (Å²) in [6.07, 6.45) is 0.973. The number of hydrogen-bond acceptors (Lipinski definition) is 5. The number of carbonyl (C=O) groups excluding carboxylic acids is 1. The van der Waals surface area contributed by atoms with Crippen molar-refractivity contribution < 1.29 is 17.6 Å². The SMILES string of the molecule is CC(=O)N(C)c1cc(N2CCCNCC2)ccc1S(=O)(=O)c1cccc(F)c1. The smallest absolute Gasteiger partial charge is 0.223 e. The molecule has 150 valence electrons. The fraction of sp³-hybridized carbons (Fsp3) is 0.350. The number of amides is 1. The second-order valence-corrected chi connectivity index (χ2v) is 8.70. The highest BCUT2D eigenvalue weighted by Crippen LogP contribution is 2.34. The lowest BCUT2D eigenvalue weighted by Crippen LogP contribution is -2.29. The summed E-state index contributed by atoms with van der Waals surface area (Å²) in [5.74, 6) is -0.915. The van der Waals surface area contributed by atoms with Gasteiger partial charge in [-0.05, 0) is 49.4 Å². The van der Waals surface area contributed by atoms with Crippen LogP contribution in [0.4, 0.5) is 15.8 Å². The van der Waals surface area contributed by atoms with E-state index in [1.807, 2.05) is 0 Å². The van der Waals surface area contributed by atoms with Crippen LogP contribution in [0.3, 0.4) is 0 Å². The van der Waals surface area contributed by atoms with Gasteiger partial charge >= 0.3 is 0 Å². The van der Waals surface area contributed by atoms with Crippen LogP contribution in [0.1, 0.15) is 13.3 Å². The maximum Gasteiger partial charge on any atom is 0.223 e. The number of anilines is 2. The lowest BCUT2D eigenvalue weighted by Gasteiger charge is -2.26. The lowest BCUT2D eigenvalue weighted by atomic mass is 10.2. The van der Waals surface area contributed by atoms with Crippen LogP contribution in [-0.4, -0.2) is 47.6 Å². The van der Waals surface area contributed by atoms with Crippen molar-refractivity contribution in [2.24, 2.45) is 0 Å². The largest absolute Gasteiger partial charge is 0.370 e. The quantitative estimate of drug-likeness (QED) is 0.846. The molecule has 1 aliphatic rings. The van der Waals surface area contributed by atoms with E-state index >= 15 is 0 Å². The number of nitrogens with zero attached hydrogens (tertiary/aromatic N) is 2. The summed E-state index contributed by atoms with van der Waals surface area (Å²) in [6.45, 7) is 4.77. The fourth-order valence-corrected chi connectivity index (χ4v) is 4.72. The van der Waals surface area contributed by atoms with Crippen LogP contribution < -0.4 is 15.1 Å². The molecule has 1 saturated heterocycles. The van der Waals surface area contributed by atoms with Gasteiger partial charge in [-0.1, -0.05) is 6.07 Å². The van der Waals surface area contributed by atoms with Crippen LogP contribution in [0.5, 0.6) is 0 Å². The molecule has 1 heterocycles. The van der Waals surface area contributed by atoms with Gasteiger partial charge in [-0.3, -0.25) is 4.79 Å². The van der Waals surface area contributed by atoms with Crippen LogP contribution in [0.2, 0.25) is 0 Å². The zero-order valence-corrected chi connectivity index (χ0v) is 16.8. The molecule has 0 saturated carbocycles. The zero-order valence-electron chi connectivity index (χ0n) is 16.0. The van der Waals surface area contributed by atoms with Gasteiger partial charge in [0.1, 0.15) is 5.82 Å². The van der Waals surface area contributed by atoms with Crippen molar-refractivity contribution in [2.75, 3.05) is 43.0 Å². The number of rotatable bonds is 4. The molecule has 2 aromatic rings. The van der Waals surface area contributed by atoms with Crippen LogP contribution in [-0.2, 0) is 14.6 Å². The molecular weight excluding hydrogens is 381 g/mol. The van der Waals surface area contributed by atoms with E-state index in [0.717, 1.165) is 44.4 Å². The summed E-state index contributed by atoms with van der Waals surface area (Å²) in [6, 6.07) is 9.86. The standard InChI is InChI=1S/C20H24FN3O3S/c1-15(25)23(2)19-14-17(24-11-4-9-22-10-12-24)7-8-20(19)28(26,27)18-6-3-5-16(21)13-18/h3,5-8,13-14,22H,4,9-12H2,1-2H3. The Labute approximate surface area is 164 Å². The first kappa shape index (κ1) is 20.3. The molecule has 1 N–H and O–H groups in total. The van der Waals surface area contributed by atoms with Crippen molar-refractivity contribution in [3.8, 4) is 0 Å². The Bertz CT molecular complexity index is 970. The van der Waals surface area contributed by atoms with Crippen molar-refractivity contribution in [1.29, 1.82) is 0 Å². The van der Waals surface area contributed by atoms with Gasteiger partial charge in [-0.2, -0.15) is 0 Å². The van der Waals surface area contributed by atoms with Crippen molar-refractivity contribution in [3.63, 3.8) is 0 Å². The molecule has 2 aromatic carbocycles. The van der Waals surface area contributed by atoms with E-state index in [1.54, 1.807) is 12.1 Å². The first-order valence-corrected chi connectivity index (χ1v) is 10.6. The summed E-state index contributed by atoms with van der Waals surface area (Å²) in [5, 5.41) is 3.33. The summed E-state index contributed by atoms with van der Waals surface area (Å²) in [4.78, 5) is 15.3. The summed E-state index contributed by atoms with van der Waals surface area (Å²) < 4.78 is 39.9. The Balaban J connectivity index is 2.11. The number of sulfone groups is 1. The molecule has 28 heavy (non-hydrogen) atoms. The predicted molar refractivity (Wildman–Crippen MR) is 107 cm³/mol. The van der Waals surface area contributed by atoms with Gasteiger partial charge in [0.25, 0.3) is 0 Å². The summed E-state index contributed by atoms with van der Waals surface area (Å²) in [7, 11) is -2.45. The second-order valence-electron chi connectivity index (χ2n) is 6.78. The van der Waals surface area contributed by atoms with E-state index in [9.17, 15) is 17.6 Å². The van der Waals surface area contributed by atoms with E-state index < -0.39 is 15.7 Å². The lowest BCUT2D eigenvalue weighted by molar-refractivity contribution is -0.116. The van der Waals surface area contributed by atoms with Gasteiger partial charge in [0.15, 0.2) is 0 Å². The molecule has 8 heteroatoms. The van der Waals surface area contributed by atoms with Crippen LogP contribution in [0, 0.1) is 5.82 Å². The molecule has 0 bridgehead atoms. The first-order chi connectivity index (χ1) is 13.3. The van der Waals surface area contributed by atoms with Gasteiger partial charge in [0.2, 0.25) is 15.7 Å². The Morgan fingerprint density at radius 1 is 1.14 bits per heavy atom. The number of benzene rings is 2. The molecule has 1 aliphatic heterocycles. The Hall–Kier alpha value is -2.45. The van der Waals surface area contributed by atoms with E-state index in [4.69, 9.17) is 0 Å². The maximum absolute atomic E-state index is 13.6. The van der Waals surface area contributed by atoms with Crippen molar-refractivity contribution in [1.82, 2.24) is 5.32 Å². The molecule has 0 atom stereocenters. The highest BCUT2D eigenvalue weighted by molar-refractivity contribution is 7.91. The predicted octanol–water partition coefficient (Wildman–Crippen LogP) is 2.44. The third-order valence-electron chi connectivity index (χ3n) is 4.88. The highest BCUT2D eigenvalue weighted by atomic mass is 32.2. The van der Waals surface area contributed by atoms with E-state index in [2.05, 4.69) is 10.2 Å². The van der Waals surface area contributed by atoms with Crippen molar-refractivity contribution in [3.05, 3.63) is 48.3 Å². The minimum Gasteiger partial charge on any atom is -0.370 e. The molecule has 1 fully saturated rings. The van der Waals surface area contributed by atoms with E-state index in [1.165, 1.54) is 43.1 Å². The second kappa shape index (κ2) is 8.28. The van der Waals surface area contributed by atoms with Crippen LogP contribution in [0.25, 0.3) is 0 Å². The number of halogens is 1. The third-order valence-corrected chi connectivity index (χ3v) is 6.68. The van der Waals surface area contributed by atoms with Gasteiger partial charge < -0.3 is 15.1 Å². The fourth-order valence-electron chi connectivity index (χ4n) is 3.23. The molecule has 0 unspecified atom stereocenters. The van der Waals surface area contributed by atoms with Crippen molar-refractivity contribution >= 4 is 27.1 Å². The monoisotopic (exact) mass is 405 g/mol. The van der Waals surface area contributed by atoms with E-state index in [0.29, 0.717) is 0 Å². The summed E-state index contributed by atoms with van der Waals surface area (Å²) in [5.41, 5.74) is 1.14. The maximum atomic E-state index is 13.6. The van der Waals surface area contributed by atoms with Gasteiger partial charge in [-0.25, -0.2) is 12.8 Å². The molecule has 0 aromatic heterocycles. The molecule has 6 nitrogen and oxygen atoms in total. The van der Waals surface area contributed by atoms with Gasteiger partial charge in [0, 0.05) is 39.3 Å². The minimum absolute atomic E-state index is 0.0208. The average Bonchev–Trinajstić information content (AvgIpc) is 2.96. The third kappa shape index (κ3) is 4.18. The molecule has 0 radical (unpaired) electrons. The number of hydrogen-bond donors (Lipinski definition) is 1. The Kier molecular flexibility index (Phi) is 6.00. The average molecular weight is 405 g/mol. The van der Waals surface area contributed by atoms with Gasteiger partial charge in [0.05, 0.1) is 15.5 Å². The zero-order chi connectivity index (χ0) is 20.3. The van der Waals surface area contributed by atoms with Crippen LogP contribution >= 0.6 is 0 Å². The Morgan fingerprint density at radius 2 is 1.93 bits per heavy atom. The molecular formula is C20H24FN3O3S.